The van der Waals surface area contributed by atoms with E-state index in [1.807, 2.05) is 20.8 Å². The van der Waals surface area contributed by atoms with E-state index in [4.69, 9.17) is 5.73 Å². The smallest absolute Gasteiger partial charge is 0.118 e. The van der Waals surface area contributed by atoms with Crippen LogP contribution >= 0.6 is 0 Å². The van der Waals surface area contributed by atoms with Crippen LogP contribution < -0.4 is 16.4 Å². The Balaban J connectivity index is 3.67. The Morgan fingerprint density at radius 1 is 1.07 bits per heavy atom. The fourth-order valence-corrected chi connectivity index (χ4v) is 0.887. The molecule has 0 aliphatic heterocycles. The monoisotopic (exact) mass is 203 g/mol. The maximum absolute atomic E-state index is 10.0. The first-order chi connectivity index (χ1) is 6.31. The molecule has 0 radical (unpaired) electrons. The maximum Gasteiger partial charge on any atom is 0.118 e. The van der Waals surface area contributed by atoms with E-state index in [-0.39, 0.29) is 5.41 Å². The molecule has 0 bridgehead atoms. The van der Waals surface area contributed by atoms with Crippen LogP contribution in [0.1, 0.15) is 27.7 Å². The van der Waals surface area contributed by atoms with E-state index < -0.39 is 5.72 Å². The molecule has 0 aromatic carbocycles. The first kappa shape index (κ1) is 13.8. The van der Waals surface area contributed by atoms with Gasteiger partial charge in [0, 0.05) is 31.6 Å². The zero-order chi connectivity index (χ0) is 11.2. The van der Waals surface area contributed by atoms with Gasteiger partial charge in [0.25, 0.3) is 0 Å². The summed E-state index contributed by atoms with van der Waals surface area (Å²) in [6, 6.07) is 0. The van der Waals surface area contributed by atoms with E-state index in [1.165, 1.54) is 0 Å². The van der Waals surface area contributed by atoms with Crippen LogP contribution in [0.3, 0.4) is 0 Å². The van der Waals surface area contributed by atoms with Crippen LogP contribution in [0.25, 0.3) is 0 Å². The van der Waals surface area contributed by atoms with E-state index in [2.05, 4.69) is 10.6 Å². The van der Waals surface area contributed by atoms with E-state index in [1.54, 1.807) is 6.92 Å². The topological polar surface area (TPSA) is 70.3 Å². The standard InChI is InChI=1S/C10H25N3O/c1-9(2,3)10(4,14)13-8-7-12-6-5-11/h12-14H,5-8,11H2,1-4H3. The van der Waals surface area contributed by atoms with E-state index in [0.717, 1.165) is 19.6 Å². The molecule has 0 saturated heterocycles. The first-order valence-corrected chi connectivity index (χ1v) is 5.19. The number of hydrogen-bond donors (Lipinski definition) is 4. The zero-order valence-corrected chi connectivity index (χ0v) is 9.85. The van der Waals surface area contributed by atoms with Crippen LogP contribution in [0, 0.1) is 5.41 Å². The summed E-state index contributed by atoms with van der Waals surface area (Å²) in [4.78, 5) is 0. The number of nitrogens with two attached hydrogens (primary N) is 1. The second-order valence-corrected chi connectivity index (χ2v) is 4.79. The van der Waals surface area contributed by atoms with Crippen LogP contribution in [0.15, 0.2) is 0 Å². The van der Waals surface area contributed by atoms with E-state index >= 15 is 0 Å². The number of aliphatic hydroxyl groups is 1. The molecule has 4 heteroatoms. The Bertz CT molecular complexity index is 152. The molecular weight excluding hydrogens is 178 g/mol. The lowest BCUT2D eigenvalue weighted by molar-refractivity contribution is -0.0696. The minimum absolute atomic E-state index is 0.166. The van der Waals surface area contributed by atoms with Gasteiger partial charge in [-0.15, -0.1) is 0 Å². The highest BCUT2D eigenvalue weighted by molar-refractivity contribution is 4.83. The molecule has 0 heterocycles. The van der Waals surface area contributed by atoms with Crippen LogP contribution in [0.2, 0.25) is 0 Å². The molecular formula is C10H25N3O. The Kier molecular flexibility index (Phi) is 5.59. The SMILES string of the molecule is CC(C)(C)C(C)(O)NCCNCCN. The highest BCUT2D eigenvalue weighted by atomic mass is 16.3. The molecule has 0 amide bonds. The third-order valence-electron chi connectivity index (χ3n) is 2.55. The highest BCUT2D eigenvalue weighted by Crippen LogP contribution is 2.26. The molecule has 5 N–H and O–H groups in total. The van der Waals surface area contributed by atoms with Crippen molar-refractivity contribution in [3.8, 4) is 0 Å². The molecule has 0 fully saturated rings. The molecule has 0 rings (SSSR count). The first-order valence-electron chi connectivity index (χ1n) is 5.19. The summed E-state index contributed by atoms with van der Waals surface area (Å²) in [6.45, 7) is 10.9. The van der Waals surface area contributed by atoms with Gasteiger partial charge in [0.15, 0.2) is 0 Å². The van der Waals surface area contributed by atoms with Crippen molar-refractivity contribution in [2.24, 2.45) is 11.1 Å². The Labute approximate surface area is 87.3 Å². The molecule has 0 aliphatic rings. The molecule has 0 aromatic rings. The molecule has 86 valence electrons. The largest absolute Gasteiger partial charge is 0.376 e. The fraction of sp³-hybridized carbons (Fsp3) is 1.00. The van der Waals surface area contributed by atoms with Crippen molar-refractivity contribution in [2.75, 3.05) is 26.2 Å². The van der Waals surface area contributed by atoms with Crippen LogP contribution in [-0.2, 0) is 0 Å². The summed E-state index contributed by atoms with van der Waals surface area (Å²) in [5, 5.41) is 16.3. The van der Waals surface area contributed by atoms with Gasteiger partial charge in [-0.3, -0.25) is 5.32 Å². The van der Waals surface area contributed by atoms with Crippen LogP contribution in [-0.4, -0.2) is 37.0 Å². The Hall–Kier alpha value is -0.160. The third kappa shape index (κ3) is 4.91. The summed E-state index contributed by atoms with van der Waals surface area (Å²) in [7, 11) is 0. The lowest BCUT2D eigenvalue weighted by atomic mass is 9.84. The van der Waals surface area contributed by atoms with Gasteiger partial charge in [0.2, 0.25) is 0 Å². The van der Waals surface area contributed by atoms with Gasteiger partial charge in [-0.2, -0.15) is 0 Å². The molecule has 1 atom stereocenters. The number of hydrogen-bond acceptors (Lipinski definition) is 4. The summed E-state index contributed by atoms with van der Waals surface area (Å²) >= 11 is 0. The average Bonchev–Trinajstić information content (AvgIpc) is 2.02. The predicted octanol–water partition coefficient (Wildman–Crippen LogP) is -0.121. The van der Waals surface area contributed by atoms with Crippen LogP contribution in [0.4, 0.5) is 0 Å². The average molecular weight is 203 g/mol. The van der Waals surface area contributed by atoms with Gasteiger partial charge >= 0.3 is 0 Å². The molecule has 4 nitrogen and oxygen atoms in total. The van der Waals surface area contributed by atoms with Crippen molar-refractivity contribution in [2.45, 2.75) is 33.4 Å². The van der Waals surface area contributed by atoms with Crippen molar-refractivity contribution < 1.29 is 5.11 Å². The number of nitrogens with one attached hydrogen (secondary N) is 2. The maximum atomic E-state index is 10.0. The van der Waals surface area contributed by atoms with Gasteiger partial charge in [0.1, 0.15) is 5.72 Å². The van der Waals surface area contributed by atoms with Crippen molar-refractivity contribution in [1.82, 2.24) is 10.6 Å². The van der Waals surface area contributed by atoms with Gasteiger partial charge in [-0.1, -0.05) is 20.8 Å². The quantitative estimate of drug-likeness (QED) is 0.359. The second-order valence-electron chi connectivity index (χ2n) is 4.79. The van der Waals surface area contributed by atoms with Crippen molar-refractivity contribution in [3.05, 3.63) is 0 Å². The Morgan fingerprint density at radius 3 is 2.07 bits per heavy atom. The van der Waals surface area contributed by atoms with Gasteiger partial charge in [0.05, 0.1) is 0 Å². The van der Waals surface area contributed by atoms with Gasteiger partial charge in [-0.25, -0.2) is 0 Å². The third-order valence-corrected chi connectivity index (χ3v) is 2.55. The van der Waals surface area contributed by atoms with Gasteiger partial charge < -0.3 is 16.2 Å². The van der Waals surface area contributed by atoms with E-state index in [0.29, 0.717) is 6.54 Å². The molecule has 1 unspecified atom stereocenters. The normalized spacial score (nSPS) is 16.7. The van der Waals surface area contributed by atoms with Crippen molar-refractivity contribution in [3.63, 3.8) is 0 Å². The van der Waals surface area contributed by atoms with Gasteiger partial charge in [-0.05, 0) is 6.92 Å². The summed E-state index contributed by atoms with van der Waals surface area (Å²) in [5.74, 6) is 0. The lowest BCUT2D eigenvalue weighted by Gasteiger charge is -2.38. The second kappa shape index (κ2) is 5.66. The molecule has 0 saturated carbocycles. The molecule has 0 spiro atoms. The van der Waals surface area contributed by atoms with Crippen LogP contribution in [0.5, 0.6) is 0 Å². The predicted molar refractivity (Wildman–Crippen MR) is 60.0 cm³/mol. The molecule has 14 heavy (non-hydrogen) atoms. The number of rotatable bonds is 6. The van der Waals surface area contributed by atoms with E-state index in [9.17, 15) is 5.11 Å². The minimum Gasteiger partial charge on any atom is -0.376 e. The fourth-order valence-electron chi connectivity index (χ4n) is 0.887. The van der Waals surface area contributed by atoms with Crippen molar-refractivity contribution >= 4 is 0 Å². The molecule has 0 aromatic heterocycles. The summed E-state index contributed by atoms with van der Waals surface area (Å²) < 4.78 is 0. The summed E-state index contributed by atoms with van der Waals surface area (Å²) in [5.41, 5.74) is 4.33. The van der Waals surface area contributed by atoms with Crippen molar-refractivity contribution in [1.29, 1.82) is 0 Å². The summed E-state index contributed by atoms with van der Waals surface area (Å²) in [6.07, 6.45) is 0. The lowest BCUT2D eigenvalue weighted by Crippen LogP contribution is -2.54. The zero-order valence-electron chi connectivity index (χ0n) is 9.85. The Morgan fingerprint density at radius 2 is 1.64 bits per heavy atom. The highest BCUT2D eigenvalue weighted by Gasteiger charge is 2.34. The molecule has 0 aliphatic carbocycles. The minimum atomic E-state index is -0.836.